The van der Waals surface area contributed by atoms with Crippen LogP contribution in [0.25, 0.3) is 0 Å². The molecule has 0 aliphatic carbocycles. The Morgan fingerprint density at radius 2 is 1.50 bits per heavy atom. The third kappa shape index (κ3) is 7.40. The van der Waals surface area contributed by atoms with Crippen molar-refractivity contribution >= 4 is 54.5 Å². The average Bonchev–Trinajstić information content (AvgIpc) is 2.66. The van der Waals surface area contributed by atoms with E-state index in [4.69, 9.17) is 5.73 Å². The molecule has 28 heavy (non-hydrogen) atoms. The van der Waals surface area contributed by atoms with Crippen molar-refractivity contribution in [3.63, 3.8) is 0 Å². The molecular formula is C20H29Cl3N4O. The van der Waals surface area contributed by atoms with E-state index < -0.39 is 0 Å². The summed E-state index contributed by atoms with van der Waals surface area (Å²) >= 11 is 0. The van der Waals surface area contributed by atoms with Crippen LogP contribution in [-0.2, 0) is 0 Å². The number of anilines is 2. The topological polar surface area (TPSA) is 61.6 Å². The maximum atomic E-state index is 12.1. The van der Waals surface area contributed by atoms with Crippen LogP contribution in [-0.4, -0.2) is 50.1 Å². The van der Waals surface area contributed by atoms with Gasteiger partial charge in [-0.25, -0.2) is 0 Å². The van der Waals surface area contributed by atoms with Gasteiger partial charge < -0.3 is 16.0 Å². The van der Waals surface area contributed by atoms with Gasteiger partial charge in [-0.3, -0.25) is 9.69 Å². The number of hydrogen-bond donors (Lipinski definition) is 2. The van der Waals surface area contributed by atoms with E-state index in [0.29, 0.717) is 17.8 Å². The summed E-state index contributed by atoms with van der Waals surface area (Å²) in [5, 5.41) is 2.96. The van der Waals surface area contributed by atoms with Crippen LogP contribution in [0, 0.1) is 0 Å². The fraction of sp³-hybridized carbons (Fsp3) is 0.350. The zero-order valence-corrected chi connectivity index (χ0v) is 18.2. The molecule has 1 fully saturated rings. The predicted molar refractivity (Wildman–Crippen MR) is 125 cm³/mol. The molecule has 0 atom stereocenters. The monoisotopic (exact) mass is 446 g/mol. The van der Waals surface area contributed by atoms with E-state index in [-0.39, 0.29) is 43.1 Å². The number of nitrogens with one attached hydrogen (secondary N) is 1. The van der Waals surface area contributed by atoms with E-state index in [1.54, 1.807) is 12.1 Å². The van der Waals surface area contributed by atoms with Crippen LogP contribution in [0.3, 0.4) is 0 Å². The molecule has 2 aromatic carbocycles. The third-order valence-electron chi connectivity index (χ3n) is 4.64. The normalized spacial score (nSPS) is 13.5. The minimum absolute atomic E-state index is 0. The van der Waals surface area contributed by atoms with Crippen LogP contribution in [0.4, 0.5) is 11.4 Å². The number of para-hydroxylation sites is 2. The molecule has 0 bridgehead atoms. The molecule has 156 valence electrons. The lowest BCUT2D eigenvalue weighted by Gasteiger charge is -2.36. The van der Waals surface area contributed by atoms with Crippen LogP contribution in [0.15, 0.2) is 54.6 Å². The van der Waals surface area contributed by atoms with Crippen molar-refractivity contribution in [3.8, 4) is 0 Å². The van der Waals surface area contributed by atoms with Gasteiger partial charge in [-0.05, 0) is 37.2 Å². The SMILES string of the molecule is Cl.Cl.Cl.Nc1ccccc1C(=O)NCCCN1CCN(c2ccccc2)CC1. The molecule has 3 N–H and O–H groups in total. The van der Waals surface area contributed by atoms with Crippen molar-refractivity contribution in [2.45, 2.75) is 6.42 Å². The van der Waals surface area contributed by atoms with Gasteiger partial charge in [-0.1, -0.05) is 30.3 Å². The van der Waals surface area contributed by atoms with Gasteiger partial charge in [0.2, 0.25) is 0 Å². The Labute approximate surface area is 185 Å². The Kier molecular flexibility index (Phi) is 12.7. The van der Waals surface area contributed by atoms with E-state index in [2.05, 4.69) is 45.4 Å². The molecule has 1 aliphatic rings. The highest BCUT2D eigenvalue weighted by atomic mass is 35.5. The number of piperazine rings is 1. The Hall–Kier alpha value is -1.66. The summed E-state index contributed by atoms with van der Waals surface area (Å²) in [4.78, 5) is 17.0. The number of halogens is 3. The van der Waals surface area contributed by atoms with Gasteiger partial charge in [0, 0.05) is 44.1 Å². The highest BCUT2D eigenvalue weighted by Gasteiger charge is 2.16. The van der Waals surface area contributed by atoms with Crippen LogP contribution in [0.5, 0.6) is 0 Å². The van der Waals surface area contributed by atoms with Crippen LogP contribution >= 0.6 is 37.2 Å². The van der Waals surface area contributed by atoms with Gasteiger partial charge in [0.1, 0.15) is 0 Å². The van der Waals surface area contributed by atoms with Crippen molar-refractivity contribution in [1.82, 2.24) is 10.2 Å². The first-order valence-corrected chi connectivity index (χ1v) is 8.89. The fourth-order valence-electron chi connectivity index (χ4n) is 3.17. The minimum Gasteiger partial charge on any atom is -0.398 e. The second kappa shape index (κ2) is 13.5. The maximum absolute atomic E-state index is 12.1. The van der Waals surface area contributed by atoms with Crippen LogP contribution in [0.1, 0.15) is 16.8 Å². The lowest BCUT2D eigenvalue weighted by molar-refractivity contribution is 0.0952. The molecule has 0 unspecified atom stereocenters. The molecule has 1 saturated heterocycles. The molecule has 0 saturated carbocycles. The molecule has 0 spiro atoms. The highest BCUT2D eigenvalue weighted by molar-refractivity contribution is 5.99. The number of nitrogens with zero attached hydrogens (tertiary/aromatic N) is 2. The van der Waals surface area contributed by atoms with Crippen molar-refractivity contribution in [3.05, 3.63) is 60.2 Å². The van der Waals surface area contributed by atoms with Gasteiger partial charge in [0.05, 0.1) is 5.56 Å². The maximum Gasteiger partial charge on any atom is 0.253 e. The first-order chi connectivity index (χ1) is 12.2. The van der Waals surface area contributed by atoms with Crippen LogP contribution in [0.2, 0.25) is 0 Å². The largest absolute Gasteiger partial charge is 0.398 e. The number of benzene rings is 2. The fourth-order valence-corrected chi connectivity index (χ4v) is 3.17. The van der Waals surface area contributed by atoms with Gasteiger partial charge in [0.15, 0.2) is 0 Å². The number of carbonyl (C=O) groups is 1. The zero-order chi connectivity index (χ0) is 17.5. The van der Waals surface area contributed by atoms with E-state index in [9.17, 15) is 4.79 Å². The Bertz CT molecular complexity index is 695. The third-order valence-corrected chi connectivity index (χ3v) is 4.64. The minimum atomic E-state index is -0.0907. The smallest absolute Gasteiger partial charge is 0.253 e. The molecule has 0 aromatic heterocycles. The van der Waals surface area contributed by atoms with Crippen molar-refractivity contribution in [2.75, 3.05) is 49.9 Å². The van der Waals surface area contributed by atoms with E-state index in [1.807, 2.05) is 12.1 Å². The van der Waals surface area contributed by atoms with Crippen molar-refractivity contribution in [1.29, 1.82) is 0 Å². The molecule has 1 heterocycles. The van der Waals surface area contributed by atoms with Gasteiger partial charge >= 0.3 is 0 Å². The summed E-state index contributed by atoms with van der Waals surface area (Å²) in [5.41, 5.74) is 8.21. The average molecular weight is 448 g/mol. The highest BCUT2D eigenvalue weighted by Crippen LogP contribution is 2.15. The summed E-state index contributed by atoms with van der Waals surface area (Å²) in [6.07, 6.45) is 0.948. The summed E-state index contributed by atoms with van der Waals surface area (Å²) in [6.45, 7) is 5.91. The second-order valence-electron chi connectivity index (χ2n) is 6.36. The molecule has 1 amide bonds. The van der Waals surface area contributed by atoms with Crippen LogP contribution < -0.4 is 16.0 Å². The van der Waals surface area contributed by atoms with Gasteiger partial charge in [0.25, 0.3) is 5.91 Å². The summed E-state index contributed by atoms with van der Waals surface area (Å²) in [5.74, 6) is -0.0907. The number of nitrogens with two attached hydrogens (primary N) is 1. The molecule has 2 aromatic rings. The van der Waals surface area contributed by atoms with Crippen molar-refractivity contribution < 1.29 is 4.79 Å². The first kappa shape index (κ1) is 26.3. The van der Waals surface area contributed by atoms with Gasteiger partial charge in [-0.2, -0.15) is 0 Å². The van der Waals surface area contributed by atoms with Gasteiger partial charge in [-0.15, -0.1) is 37.2 Å². The number of rotatable bonds is 6. The van der Waals surface area contributed by atoms with E-state index in [1.165, 1.54) is 5.69 Å². The summed E-state index contributed by atoms with van der Waals surface area (Å²) in [7, 11) is 0. The lowest BCUT2D eigenvalue weighted by Crippen LogP contribution is -2.47. The first-order valence-electron chi connectivity index (χ1n) is 8.89. The zero-order valence-electron chi connectivity index (χ0n) is 15.8. The Morgan fingerprint density at radius 3 is 2.14 bits per heavy atom. The number of hydrogen-bond acceptors (Lipinski definition) is 4. The predicted octanol–water partition coefficient (Wildman–Crippen LogP) is 3.48. The number of carbonyl (C=O) groups excluding carboxylic acids is 1. The summed E-state index contributed by atoms with van der Waals surface area (Å²) < 4.78 is 0. The number of nitrogen functional groups attached to an aromatic ring is 1. The molecule has 8 heteroatoms. The Balaban J connectivity index is 0.00000243. The second-order valence-corrected chi connectivity index (χ2v) is 6.36. The standard InChI is InChI=1S/C20H26N4O.3ClH/c21-19-10-5-4-9-18(19)20(25)22-11-6-12-23-13-15-24(16-14-23)17-7-2-1-3-8-17;;;/h1-5,7-10H,6,11-16,21H2,(H,22,25);3*1H. The van der Waals surface area contributed by atoms with E-state index >= 15 is 0 Å². The molecule has 1 aliphatic heterocycles. The summed E-state index contributed by atoms with van der Waals surface area (Å²) in [6, 6.07) is 17.7. The van der Waals surface area contributed by atoms with Crippen molar-refractivity contribution in [2.24, 2.45) is 0 Å². The number of amides is 1. The Morgan fingerprint density at radius 1 is 0.893 bits per heavy atom. The molecule has 0 radical (unpaired) electrons. The molecule has 3 rings (SSSR count). The quantitative estimate of drug-likeness (QED) is 0.526. The lowest BCUT2D eigenvalue weighted by atomic mass is 10.1. The molecule has 5 nitrogen and oxygen atoms in total. The molecular weight excluding hydrogens is 419 g/mol. The van der Waals surface area contributed by atoms with E-state index in [0.717, 1.165) is 39.1 Å².